The van der Waals surface area contributed by atoms with E-state index in [0.29, 0.717) is 19.6 Å². The van der Waals surface area contributed by atoms with Crippen molar-refractivity contribution < 1.29 is 186 Å². The monoisotopic (exact) mass is 2050 g/mol. The van der Waals surface area contributed by atoms with Gasteiger partial charge in [-0.05, 0) is 136 Å². The summed E-state index contributed by atoms with van der Waals surface area (Å²) >= 11 is 7.69. The molecule has 0 saturated carbocycles. The summed E-state index contributed by atoms with van der Waals surface area (Å²) in [6.07, 6.45) is -4.57. The molecule has 0 unspecified atom stereocenters. The Hall–Kier alpha value is -12.4. The molecule has 0 spiro atoms. The molecule has 0 aromatic carbocycles. The number of hydroxylamine groups is 5. The number of likely N-dealkylation sites (N-methyl/N-ethyl adjacent to an activating group) is 6. The largest absolute Gasteiger partial charge is 1.00 e. The summed E-state index contributed by atoms with van der Waals surface area (Å²) in [6, 6.07) is -3.15. The minimum absolute atomic E-state index is 0. The number of imide groups is 8. The fourth-order valence-corrected chi connectivity index (χ4v) is 11.1. The number of hydrogen-bond acceptors (Lipinski definition) is 42. The molecule has 60 heteroatoms. The van der Waals surface area contributed by atoms with Crippen LogP contribution in [0.15, 0.2) is 39.8 Å². The van der Waals surface area contributed by atoms with E-state index in [1.54, 1.807) is 59.4 Å². The minimum atomic E-state index is -2.74. The van der Waals surface area contributed by atoms with Crippen molar-refractivity contribution in [1.29, 1.82) is 0 Å². The topological polar surface area (TPSA) is 683 Å². The summed E-state index contributed by atoms with van der Waals surface area (Å²) < 4.78 is 21.8. The molecule has 4 fully saturated rings. The molecule has 0 radical (unpaired) electrons. The number of halogens is 3. The number of amides is 18. The molecule has 0 bridgehead atoms. The minimum Gasteiger partial charge on any atom is -1.00 e. The smallest absolute Gasteiger partial charge is 1.00 e. The number of aromatic hydroxyl groups is 2. The van der Waals surface area contributed by atoms with E-state index in [0.717, 1.165) is 66.0 Å². The molecule has 7 N–H and O–H groups in total. The van der Waals surface area contributed by atoms with Gasteiger partial charge in [0.1, 0.15) is 67.7 Å². The molecule has 6 heterocycles. The number of hydrogen-bond donors (Lipinski definition) is 7. The summed E-state index contributed by atoms with van der Waals surface area (Å²) in [7, 11) is 19.9. The fourth-order valence-electron chi connectivity index (χ4n) is 10.5. The molecule has 758 valence electrons. The van der Waals surface area contributed by atoms with Gasteiger partial charge in [0.05, 0.1) is 17.1 Å². The Labute approximate surface area is 816 Å². The van der Waals surface area contributed by atoms with E-state index < -0.39 is 185 Å². The molecule has 2 aromatic rings. The Morgan fingerprint density at radius 3 is 1.04 bits per heavy atom. The van der Waals surface area contributed by atoms with Crippen LogP contribution in [0.2, 0.25) is 0 Å². The molecule has 4 aliphatic rings. The van der Waals surface area contributed by atoms with Crippen LogP contribution in [0, 0.1) is 0 Å². The van der Waals surface area contributed by atoms with E-state index in [9.17, 15) is 121 Å². The van der Waals surface area contributed by atoms with Gasteiger partial charge in [0.2, 0.25) is 32.4 Å². The zero-order valence-electron chi connectivity index (χ0n) is 81.8. The Morgan fingerprint density at radius 2 is 0.733 bits per heavy atom. The van der Waals surface area contributed by atoms with Gasteiger partial charge in [-0.15, -0.1) is 23.0 Å². The van der Waals surface area contributed by atoms with Crippen LogP contribution in [0.25, 0.3) is 0 Å². The standard InChI is InChI=1S/C19H30N4O9.C10H19NO5.C9H12BrN3O4.C9H14N4O5.C9H13N3O4.C8H13N3O4.C8H10N2O4.C2H3ClO.CH4.ClH.Na.H/c1-11(20-29-10)19(12(24)21(8)14(26)22(9)13(19)25)23(15(27)30-17(2,3)4)32-16(28)31-18(5,6)7;1-9(2,3)14-7(12)11-16-8(13)15-10(4,5)6;1-5(11-17-4)9(10)6(14)12(2)8(16)13(3)7(9)15;1-5(10-18-4)9(11-17)6(14)12(2)8(16)13(3)7(9)15;1-5(10-16-4)6-7(13)11(2)9(15)12(3)8(6)14;1-4-8(9-15)5(12)10(2)7(14)11(3)6(8)13;1-4(11)5-6(12)9(2)8(14)10(3)7(5)13;1-2(3)4;;;;/h1-10H3;1-6H3,(H,11,12);1-4H3;11,17H,1-4H3;13H,1-4H3;9,15H,4H2,1-3H3;12H,1-3H3;1H3;1H4;1H;;/q;;;;;;;;;;+1;-1/b20-11+;;11-5+;10-5+;;;;;;;;. The number of nitrogens with zero attached hydrogens (tertiary/aromatic N) is 17. The summed E-state index contributed by atoms with van der Waals surface area (Å²) in [5.74, 6) is -8.78. The number of nitrogens with one attached hydrogen (secondary N) is 3. The number of ketones is 1. The van der Waals surface area contributed by atoms with Crippen molar-refractivity contribution in [2.24, 2.45) is 48.8 Å². The van der Waals surface area contributed by atoms with Crippen LogP contribution in [0.4, 0.5) is 38.4 Å². The maximum absolute atomic E-state index is 13.3. The van der Waals surface area contributed by atoms with Crippen LogP contribution in [0.3, 0.4) is 0 Å². The first-order valence-corrected chi connectivity index (χ1v) is 38.9. The number of carbonyl (C=O) groups is 18. The van der Waals surface area contributed by atoms with Crippen molar-refractivity contribution in [3.8, 4) is 11.8 Å². The maximum Gasteiger partial charge on any atom is 1.00 e. The number of carbonyl (C=O) groups excluding carboxylic acids is 18. The van der Waals surface area contributed by atoms with Crippen LogP contribution in [0.5, 0.6) is 11.8 Å². The number of Topliss-reactive ketones (excluding diaryl/α,β-unsaturated/α-hetero) is 1. The van der Waals surface area contributed by atoms with Crippen LogP contribution < -0.4 is 68.5 Å². The van der Waals surface area contributed by atoms with Crippen molar-refractivity contribution in [3.63, 3.8) is 0 Å². The zero-order chi connectivity index (χ0) is 105. The Balaban J connectivity index is -0.000000365. The normalized spacial score (nSPS) is 15.8. The van der Waals surface area contributed by atoms with Crippen LogP contribution in [-0.4, -0.2) is 341 Å². The van der Waals surface area contributed by atoms with E-state index in [4.69, 9.17) is 33.8 Å². The van der Waals surface area contributed by atoms with Crippen LogP contribution >= 0.6 is 39.9 Å². The Kier molecular flexibility index (Phi) is 51.5. The number of oxime groups is 4. The third-order valence-electron chi connectivity index (χ3n) is 17.1. The summed E-state index contributed by atoms with van der Waals surface area (Å²) in [4.78, 5) is 292. The van der Waals surface area contributed by atoms with Crippen molar-refractivity contribution in [1.82, 2.24) is 79.0 Å². The average Bonchev–Trinajstić information content (AvgIpc) is 0.717. The van der Waals surface area contributed by atoms with Gasteiger partial charge in [-0.1, -0.05) is 50.9 Å². The third kappa shape index (κ3) is 31.9. The number of alkyl halides is 1. The second kappa shape index (κ2) is 53.0. The molecule has 56 nitrogen and oxygen atoms in total. The van der Waals surface area contributed by atoms with Gasteiger partial charge in [0, 0.05) is 91.5 Å². The Bertz CT molecular complexity index is 5050. The maximum atomic E-state index is 13.3. The van der Waals surface area contributed by atoms with Crippen molar-refractivity contribution in [3.05, 3.63) is 52.8 Å². The number of rotatable bonds is 13. The summed E-state index contributed by atoms with van der Waals surface area (Å²) in [6.45, 7) is 28.8. The van der Waals surface area contributed by atoms with Crippen molar-refractivity contribution in [2.75, 3.05) is 84.8 Å². The van der Waals surface area contributed by atoms with Crippen LogP contribution in [0.1, 0.15) is 163 Å². The fraction of sp³-hybridized carbons (Fsp3) is 0.600. The molecule has 4 saturated heterocycles. The summed E-state index contributed by atoms with van der Waals surface area (Å²) in [5, 5.41) is 51.2. The third-order valence-corrected chi connectivity index (χ3v) is 18.3. The van der Waals surface area contributed by atoms with Crippen molar-refractivity contribution in [2.45, 2.75) is 189 Å². The zero-order valence-corrected chi connectivity index (χ0v) is 86.0. The van der Waals surface area contributed by atoms with Gasteiger partial charge in [0.15, 0.2) is 5.78 Å². The van der Waals surface area contributed by atoms with Gasteiger partial charge in [-0.3, -0.25) is 120 Å². The van der Waals surface area contributed by atoms with Gasteiger partial charge >= 0.3 is 89.6 Å². The number of barbiturate groups is 4. The molecule has 6 rings (SSSR count). The second-order valence-electron chi connectivity index (χ2n) is 31.4. The van der Waals surface area contributed by atoms with Gasteiger partial charge in [0.25, 0.3) is 63.9 Å². The molecular formula is C75H120BrCl2N20NaO36. The van der Waals surface area contributed by atoms with E-state index in [1.165, 1.54) is 168 Å². The van der Waals surface area contributed by atoms with E-state index in [-0.39, 0.29) is 95.8 Å². The second-order valence-corrected chi connectivity index (χ2v) is 33.1. The SMILES string of the molecule is C.CC(=O)Cl.CC(=O)c1c(O)n(C)c(=O)n(C)c1=O.CC(C)(C)OC(=O)NOC(=O)OC(C)(C)C.CCC1(NO)C(=O)N(C)C(=O)N(C)C1=O.CO/N=C(\C)C1(Br)C(=O)N(C)C(=O)N(C)C1=O.CO/N=C(\C)C1(N(OC(=O)OC(C)(C)C)C(=O)OC(C)(C)C)C(=O)N(C)C(=O)N(C)C1=O.CO/N=C(\C)C1(NO)C(=O)N(C)C(=O)N(C)C1=O.CON=C(C)c1c(O)n(C)c(=O)n(C)c1=O.Cl.[H-].[Na+]. The van der Waals surface area contributed by atoms with Gasteiger partial charge in [-0.25, -0.2) is 47.9 Å². The first-order chi connectivity index (χ1) is 59.9. The molecule has 4 aliphatic heterocycles. The molecule has 2 aromatic heterocycles. The van der Waals surface area contributed by atoms with E-state index in [1.807, 2.05) is 5.48 Å². The number of ether oxygens (including phenoxy) is 4. The molecule has 0 atom stereocenters. The molecule has 0 aliphatic carbocycles. The average molecular weight is 2050 g/mol. The summed E-state index contributed by atoms with van der Waals surface area (Å²) in [5.41, 5.74) is -8.20. The molecule has 135 heavy (non-hydrogen) atoms. The predicted molar refractivity (Wildman–Crippen MR) is 474 cm³/mol. The van der Waals surface area contributed by atoms with Crippen LogP contribution in [-0.2, 0) is 119 Å². The quantitative estimate of drug-likeness (QED) is 0.0153. The number of aromatic nitrogens is 4. The molecule has 18 amide bonds. The van der Waals surface area contributed by atoms with Crippen molar-refractivity contribution >= 4 is 170 Å². The molecular weight excluding hydrogens is 1930 g/mol. The van der Waals surface area contributed by atoms with E-state index in [2.05, 4.69) is 67.5 Å². The van der Waals surface area contributed by atoms with Gasteiger partial charge in [-0.2, -0.15) is 11.0 Å². The predicted octanol–water partition coefficient (Wildman–Crippen LogP) is -0.488. The van der Waals surface area contributed by atoms with E-state index >= 15 is 0 Å². The first kappa shape index (κ1) is 131. The number of urea groups is 4. The first-order valence-electron chi connectivity index (χ1n) is 37.7. The Morgan fingerprint density at radius 1 is 0.437 bits per heavy atom. The van der Waals surface area contributed by atoms with Gasteiger partial charge < -0.3 is 65.2 Å².